The van der Waals surface area contributed by atoms with Gasteiger partial charge in [-0.1, -0.05) is 49.7 Å². The van der Waals surface area contributed by atoms with E-state index in [1.165, 1.54) is 26.2 Å². The number of ether oxygens (including phenoxy) is 2. The molecule has 0 saturated carbocycles. The third-order valence-electron chi connectivity index (χ3n) is 8.87. The van der Waals surface area contributed by atoms with Crippen LogP contribution in [0.2, 0.25) is 0 Å². The van der Waals surface area contributed by atoms with Gasteiger partial charge < -0.3 is 24.3 Å². The maximum atomic E-state index is 14.5. The molecule has 0 radical (unpaired) electrons. The highest BCUT2D eigenvalue weighted by Crippen LogP contribution is 2.32. The average Bonchev–Trinajstić information content (AvgIpc) is 3.78. The number of aromatic nitrogens is 1. The number of unbranched alkanes of at least 4 members (excludes halogenated alkanes) is 1. The van der Waals surface area contributed by atoms with Crippen molar-refractivity contribution in [3.05, 3.63) is 114 Å². The molecule has 12 heteroatoms. The summed E-state index contributed by atoms with van der Waals surface area (Å²) in [5.74, 6) is -1.29. The lowest BCUT2D eigenvalue weighted by atomic mass is 9.93. The number of nitrogens with zero attached hydrogens (tertiary/aromatic N) is 2. The number of nitrogens with one attached hydrogen (secondary N) is 2. The van der Waals surface area contributed by atoms with Gasteiger partial charge in [0.15, 0.2) is 0 Å². The minimum Gasteiger partial charge on any atom is -0.497 e. The van der Waals surface area contributed by atoms with Crippen LogP contribution >= 0.6 is 0 Å². The Labute approximate surface area is 287 Å². The number of fused-ring (bicyclic) bond motifs is 1. The largest absolute Gasteiger partial charge is 0.497 e. The maximum absolute atomic E-state index is 14.5. The molecular formula is C37H42N4O7S. The Morgan fingerprint density at radius 1 is 0.898 bits per heavy atom. The van der Waals surface area contributed by atoms with Gasteiger partial charge in [-0.05, 0) is 59.5 Å². The molecular weight excluding hydrogens is 644 g/mol. The van der Waals surface area contributed by atoms with Gasteiger partial charge in [0.05, 0.1) is 20.0 Å². The number of hydrogen-bond acceptors (Lipinski definition) is 7. The van der Waals surface area contributed by atoms with Gasteiger partial charge in [0.25, 0.3) is 11.8 Å². The van der Waals surface area contributed by atoms with E-state index in [1.807, 2.05) is 84.5 Å². The smallest absolute Gasteiger partial charge is 0.259 e. The molecule has 3 amide bonds. The summed E-state index contributed by atoms with van der Waals surface area (Å²) in [5, 5.41) is 2.94. The quantitative estimate of drug-likeness (QED) is 0.204. The summed E-state index contributed by atoms with van der Waals surface area (Å²) in [6, 6.07) is 22.5. The Bertz CT molecular complexity index is 1860. The Morgan fingerprint density at radius 3 is 2.04 bits per heavy atom. The van der Waals surface area contributed by atoms with E-state index in [0.29, 0.717) is 24.3 Å². The molecule has 49 heavy (non-hydrogen) atoms. The van der Waals surface area contributed by atoms with Crippen molar-refractivity contribution < 1.29 is 32.3 Å². The minimum atomic E-state index is -3.95. The molecule has 0 saturated heterocycles. The topological polar surface area (TPSA) is 136 Å². The van der Waals surface area contributed by atoms with Gasteiger partial charge in [0.1, 0.15) is 23.1 Å². The second-order valence-corrected chi connectivity index (χ2v) is 14.1. The van der Waals surface area contributed by atoms with Crippen LogP contribution in [0.4, 0.5) is 0 Å². The zero-order valence-electron chi connectivity index (χ0n) is 28.1. The van der Waals surface area contributed by atoms with Crippen LogP contribution in [0, 0.1) is 0 Å². The predicted octanol–water partition coefficient (Wildman–Crippen LogP) is 4.08. The number of benzene rings is 3. The molecule has 1 aliphatic carbocycles. The molecule has 258 valence electrons. The molecule has 1 aliphatic rings. The van der Waals surface area contributed by atoms with Crippen LogP contribution in [0.3, 0.4) is 0 Å². The molecule has 5 rings (SSSR count). The highest BCUT2D eigenvalue weighted by Gasteiger charge is 2.47. The number of carbonyl (C=O) groups excluding carboxylic acids is 3. The molecule has 0 bridgehead atoms. The fourth-order valence-electron chi connectivity index (χ4n) is 6.08. The van der Waals surface area contributed by atoms with Crippen molar-refractivity contribution in [1.29, 1.82) is 0 Å². The van der Waals surface area contributed by atoms with Crippen LogP contribution in [0.1, 0.15) is 46.8 Å². The molecule has 3 aromatic carbocycles. The highest BCUT2D eigenvalue weighted by atomic mass is 32.2. The van der Waals surface area contributed by atoms with Crippen LogP contribution in [-0.4, -0.2) is 74.2 Å². The Kier molecular flexibility index (Phi) is 10.8. The summed E-state index contributed by atoms with van der Waals surface area (Å²) in [4.78, 5) is 43.8. The number of sulfonamides is 1. The van der Waals surface area contributed by atoms with E-state index in [1.54, 1.807) is 18.2 Å². The third kappa shape index (κ3) is 8.14. The number of rotatable bonds is 14. The Morgan fingerprint density at radius 2 is 1.49 bits per heavy atom. The van der Waals surface area contributed by atoms with Gasteiger partial charge in [-0.3, -0.25) is 19.1 Å². The van der Waals surface area contributed by atoms with Crippen molar-refractivity contribution in [2.24, 2.45) is 0 Å². The van der Waals surface area contributed by atoms with Crippen LogP contribution in [0.25, 0.3) is 5.69 Å². The van der Waals surface area contributed by atoms with Crippen LogP contribution in [-0.2, 0) is 38.9 Å². The van der Waals surface area contributed by atoms with E-state index in [-0.39, 0.29) is 30.6 Å². The van der Waals surface area contributed by atoms with Crippen LogP contribution in [0.5, 0.6) is 11.5 Å². The van der Waals surface area contributed by atoms with Crippen LogP contribution < -0.4 is 19.5 Å². The van der Waals surface area contributed by atoms with Crippen molar-refractivity contribution in [3.8, 4) is 17.2 Å². The predicted molar refractivity (Wildman–Crippen MR) is 186 cm³/mol. The van der Waals surface area contributed by atoms with Crippen LogP contribution in [0.15, 0.2) is 91.3 Å². The van der Waals surface area contributed by atoms with Gasteiger partial charge >= 0.3 is 0 Å². The molecule has 11 nitrogen and oxygen atoms in total. The molecule has 0 aliphatic heterocycles. The summed E-state index contributed by atoms with van der Waals surface area (Å²) >= 11 is 0. The summed E-state index contributed by atoms with van der Waals surface area (Å²) < 4.78 is 40.7. The van der Waals surface area contributed by atoms with Gasteiger partial charge in [0, 0.05) is 56.0 Å². The van der Waals surface area contributed by atoms with E-state index in [2.05, 4.69) is 10.0 Å². The Hall–Kier alpha value is -5.10. The fraction of sp³-hybridized carbons (Fsp3) is 0.324. The zero-order chi connectivity index (χ0) is 35.2. The molecule has 2 N–H and O–H groups in total. The normalized spacial score (nSPS) is 14.0. The summed E-state index contributed by atoms with van der Waals surface area (Å²) in [6.07, 6.45) is 5.16. The summed E-state index contributed by atoms with van der Waals surface area (Å²) in [6.45, 7) is 1.86. The van der Waals surface area contributed by atoms with Crippen molar-refractivity contribution in [2.45, 2.75) is 50.6 Å². The lowest BCUT2D eigenvalue weighted by molar-refractivity contribution is -0.134. The molecule has 0 spiro atoms. The minimum absolute atomic E-state index is 0.0904. The average molecular weight is 687 g/mol. The molecule has 1 unspecified atom stereocenters. The van der Waals surface area contributed by atoms with Gasteiger partial charge in [0.2, 0.25) is 15.9 Å². The number of amides is 3. The van der Waals surface area contributed by atoms with E-state index in [9.17, 15) is 22.8 Å². The fourth-order valence-corrected chi connectivity index (χ4v) is 7.33. The first-order valence-electron chi connectivity index (χ1n) is 16.1. The molecule has 1 atom stereocenters. The zero-order valence-corrected chi connectivity index (χ0v) is 29.0. The van der Waals surface area contributed by atoms with E-state index >= 15 is 0 Å². The summed E-state index contributed by atoms with van der Waals surface area (Å²) in [7, 11) is 0.531. The van der Waals surface area contributed by atoms with E-state index < -0.39 is 39.3 Å². The second kappa shape index (κ2) is 15.0. The SMILES string of the molecule is CCCCS(=O)(=O)NC(=O)C1(NC(=O)C(Cc2ccc(-n3cccc3)cc2)N(C)C(=O)c2cc(OC)cc(OC)c2)Cc2ccccc2C1. The molecule has 0 fully saturated rings. The first kappa shape index (κ1) is 35.2. The number of hydrogen-bond donors (Lipinski definition) is 2. The maximum Gasteiger partial charge on any atom is 0.259 e. The lowest BCUT2D eigenvalue weighted by Crippen LogP contribution is -2.64. The van der Waals surface area contributed by atoms with Gasteiger partial charge in [-0.25, -0.2) is 8.42 Å². The first-order chi connectivity index (χ1) is 23.5. The monoisotopic (exact) mass is 686 g/mol. The number of methoxy groups -OCH3 is 2. The van der Waals surface area contributed by atoms with E-state index in [4.69, 9.17) is 9.47 Å². The van der Waals surface area contributed by atoms with E-state index in [0.717, 1.165) is 22.4 Å². The molecule has 1 heterocycles. The first-order valence-corrected chi connectivity index (χ1v) is 17.8. The lowest BCUT2D eigenvalue weighted by Gasteiger charge is -2.34. The highest BCUT2D eigenvalue weighted by molar-refractivity contribution is 7.90. The second-order valence-electron chi connectivity index (χ2n) is 12.3. The van der Waals surface area contributed by atoms with Crippen molar-refractivity contribution in [3.63, 3.8) is 0 Å². The van der Waals surface area contributed by atoms with Gasteiger partial charge in [-0.15, -0.1) is 0 Å². The van der Waals surface area contributed by atoms with Crippen molar-refractivity contribution in [2.75, 3.05) is 27.0 Å². The molecule has 4 aromatic rings. The summed E-state index contributed by atoms with van der Waals surface area (Å²) in [5.41, 5.74) is 1.99. The van der Waals surface area contributed by atoms with Crippen molar-refractivity contribution in [1.82, 2.24) is 19.5 Å². The van der Waals surface area contributed by atoms with Gasteiger partial charge in [-0.2, -0.15) is 0 Å². The number of likely N-dealkylation sites (N-methyl/N-ethyl adjacent to an activating group) is 1. The van der Waals surface area contributed by atoms with Crippen molar-refractivity contribution >= 4 is 27.7 Å². The molecule has 1 aromatic heterocycles. The third-order valence-corrected chi connectivity index (χ3v) is 10.2. The Balaban J connectivity index is 1.49. The standard InChI is InChI=1S/C37H42N4O7S/c1-5-6-19-49(45,46)39-36(44)37(24-27-11-7-8-12-28(27)25-37)38-34(42)33(20-26-13-15-30(16-14-26)41-17-9-10-18-41)40(2)35(43)29-21-31(47-3)23-32(22-29)48-4/h7-18,21-23,33H,5-6,19-20,24-25H2,1-4H3,(H,38,42)(H,39,44). The number of carbonyl (C=O) groups is 3.